The van der Waals surface area contributed by atoms with Gasteiger partial charge in [-0.05, 0) is 42.5 Å². The molecule has 9 nitrogen and oxygen atoms in total. The van der Waals surface area contributed by atoms with Crippen molar-refractivity contribution in [2.75, 3.05) is 13.2 Å². The van der Waals surface area contributed by atoms with E-state index in [9.17, 15) is 13.2 Å². The highest BCUT2D eigenvalue weighted by Gasteiger charge is 2.21. The normalized spacial score (nSPS) is 12.6. The lowest BCUT2D eigenvalue weighted by Gasteiger charge is -2.16. The van der Waals surface area contributed by atoms with Crippen molar-refractivity contribution >= 4 is 15.9 Å². The van der Waals surface area contributed by atoms with Crippen molar-refractivity contribution in [2.45, 2.75) is 10.9 Å². The Kier molecular flexibility index (Phi) is 5.57. The second-order valence-electron chi connectivity index (χ2n) is 5.60. The SMILES string of the molecule is NC(=O)COc1ccc(S(=O)(=O)NCC(c2ccco2)n2cccn2)cc1. The van der Waals surface area contributed by atoms with Crippen molar-refractivity contribution in [3.63, 3.8) is 0 Å². The van der Waals surface area contributed by atoms with Gasteiger partial charge in [0.05, 0.1) is 11.2 Å². The summed E-state index contributed by atoms with van der Waals surface area (Å²) < 4.78 is 39.8. The Hall–Kier alpha value is -3.11. The first-order chi connectivity index (χ1) is 13.0. The van der Waals surface area contributed by atoms with Crippen molar-refractivity contribution < 1.29 is 22.4 Å². The third kappa shape index (κ3) is 4.74. The molecule has 0 saturated heterocycles. The summed E-state index contributed by atoms with van der Waals surface area (Å²) in [5, 5.41) is 4.16. The van der Waals surface area contributed by atoms with E-state index >= 15 is 0 Å². The predicted molar refractivity (Wildman–Crippen MR) is 95.4 cm³/mol. The van der Waals surface area contributed by atoms with Gasteiger partial charge in [0, 0.05) is 18.9 Å². The Labute approximate surface area is 155 Å². The van der Waals surface area contributed by atoms with Gasteiger partial charge in [0.15, 0.2) is 6.61 Å². The number of aromatic nitrogens is 2. The van der Waals surface area contributed by atoms with Crippen LogP contribution in [0.25, 0.3) is 0 Å². The molecule has 0 saturated carbocycles. The topological polar surface area (TPSA) is 129 Å². The average Bonchev–Trinajstić information content (AvgIpc) is 3.35. The highest BCUT2D eigenvalue weighted by Crippen LogP contribution is 2.19. The van der Waals surface area contributed by atoms with Crippen molar-refractivity contribution in [3.05, 3.63) is 66.9 Å². The Morgan fingerprint density at radius 2 is 2.04 bits per heavy atom. The lowest BCUT2D eigenvalue weighted by atomic mass is 10.2. The Balaban J connectivity index is 1.71. The first kappa shape index (κ1) is 18.7. The number of hydrogen-bond donors (Lipinski definition) is 2. The number of primary amides is 1. The predicted octanol–water partition coefficient (Wildman–Crippen LogP) is 0.908. The molecule has 1 unspecified atom stereocenters. The minimum Gasteiger partial charge on any atom is -0.484 e. The average molecular weight is 390 g/mol. The van der Waals surface area contributed by atoms with E-state index in [-0.39, 0.29) is 18.0 Å². The van der Waals surface area contributed by atoms with E-state index in [4.69, 9.17) is 14.9 Å². The fourth-order valence-corrected chi connectivity index (χ4v) is 3.45. The van der Waals surface area contributed by atoms with Gasteiger partial charge in [-0.25, -0.2) is 13.1 Å². The molecule has 3 N–H and O–H groups in total. The summed E-state index contributed by atoms with van der Waals surface area (Å²) in [6.45, 7) is -0.226. The molecule has 3 aromatic rings. The van der Waals surface area contributed by atoms with Gasteiger partial charge in [0.1, 0.15) is 17.6 Å². The third-order valence-electron chi connectivity index (χ3n) is 3.70. The van der Waals surface area contributed by atoms with Crippen LogP contribution in [0.4, 0.5) is 0 Å². The number of carbonyl (C=O) groups is 1. The summed E-state index contributed by atoms with van der Waals surface area (Å²) in [4.78, 5) is 10.8. The van der Waals surface area contributed by atoms with Crippen molar-refractivity contribution in [2.24, 2.45) is 5.73 Å². The summed E-state index contributed by atoms with van der Waals surface area (Å²) in [7, 11) is -3.77. The molecule has 0 spiro atoms. The van der Waals surface area contributed by atoms with E-state index in [2.05, 4.69) is 9.82 Å². The first-order valence-electron chi connectivity index (χ1n) is 7.99. The Morgan fingerprint density at radius 3 is 2.63 bits per heavy atom. The molecule has 10 heteroatoms. The molecule has 2 heterocycles. The smallest absolute Gasteiger partial charge is 0.255 e. The minimum atomic E-state index is -3.77. The minimum absolute atomic E-state index is 0.0530. The number of furan rings is 1. The molecule has 0 radical (unpaired) electrons. The van der Waals surface area contributed by atoms with Gasteiger partial charge < -0.3 is 14.9 Å². The number of sulfonamides is 1. The van der Waals surface area contributed by atoms with E-state index in [1.165, 1.54) is 30.5 Å². The maximum Gasteiger partial charge on any atom is 0.255 e. The lowest BCUT2D eigenvalue weighted by molar-refractivity contribution is -0.119. The van der Waals surface area contributed by atoms with Crippen LogP contribution in [0.15, 0.2) is 70.4 Å². The number of benzene rings is 1. The molecule has 2 aromatic heterocycles. The van der Waals surface area contributed by atoms with Gasteiger partial charge in [-0.2, -0.15) is 5.10 Å². The Bertz CT molecular complexity index is 933. The number of amides is 1. The van der Waals surface area contributed by atoms with Crippen LogP contribution in [0, 0.1) is 0 Å². The van der Waals surface area contributed by atoms with Gasteiger partial charge in [0.25, 0.3) is 5.91 Å². The van der Waals surface area contributed by atoms with Crippen molar-refractivity contribution in [3.8, 4) is 5.75 Å². The lowest BCUT2D eigenvalue weighted by Crippen LogP contribution is -2.31. The van der Waals surface area contributed by atoms with E-state index in [1.54, 1.807) is 35.3 Å². The van der Waals surface area contributed by atoms with Crippen LogP contribution in [0.5, 0.6) is 5.75 Å². The molecule has 0 fully saturated rings. The number of nitrogens with two attached hydrogens (primary N) is 1. The number of hydrogen-bond acceptors (Lipinski definition) is 6. The first-order valence-corrected chi connectivity index (χ1v) is 9.47. The van der Waals surface area contributed by atoms with E-state index < -0.39 is 22.0 Å². The fourth-order valence-electron chi connectivity index (χ4n) is 2.41. The fraction of sp³-hybridized carbons (Fsp3) is 0.176. The van der Waals surface area contributed by atoms with Crippen LogP contribution >= 0.6 is 0 Å². The summed E-state index contributed by atoms with van der Waals surface area (Å²) in [6.07, 6.45) is 4.85. The monoisotopic (exact) mass is 390 g/mol. The molecule has 27 heavy (non-hydrogen) atoms. The van der Waals surface area contributed by atoms with Crippen LogP contribution in [0.3, 0.4) is 0 Å². The Morgan fingerprint density at radius 1 is 1.26 bits per heavy atom. The second-order valence-corrected chi connectivity index (χ2v) is 7.36. The van der Waals surface area contributed by atoms with Gasteiger partial charge in [-0.3, -0.25) is 9.48 Å². The molecule has 0 aliphatic carbocycles. The molecular formula is C17H18N4O5S. The second kappa shape index (κ2) is 8.06. The number of nitrogens with zero attached hydrogens (tertiary/aromatic N) is 2. The molecule has 1 atom stereocenters. The summed E-state index contributed by atoms with van der Waals surface area (Å²) in [6, 6.07) is 10.5. The molecule has 0 bridgehead atoms. The van der Waals surface area contributed by atoms with E-state index in [1.807, 2.05) is 0 Å². The van der Waals surface area contributed by atoms with Crippen LogP contribution in [-0.2, 0) is 14.8 Å². The van der Waals surface area contributed by atoms with E-state index in [0.29, 0.717) is 11.5 Å². The summed E-state index contributed by atoms with van der Waals surface area (Å²) in [5.74, 6) is 0.310. The highest BCUT2D eigenvalue weighted by molar-refractivity contribution is 7.89. The molecule has 1 amide bonds. The van der Waals surface area contributed by atoms with Gasteiger partial charge in [0.2, 0.25) is 10.0 Å². The number of rotatable bonds is 9. The zero-order chi connectivity index (χ0) is 19.3. The molecule has 3 rings (SSSR count). The highest BCUT2D eigenvalue weighted by atomic mass is 32.2. The van der Waals surface area contributed by atoms with Crippen LogP contribution in [0.2, 0.25) is 0 Å². The zero-order valence-electron chi connectivity index (χ0n) is 14.2. The molecule has 0 aliphatic heterocycles. The molecule has 142 valence electrons. The third-order valence-corrected chi connectivity index (χ3v) is 5.14. The van der Waals surface area contributed by atoms with Crippen LogP contribution in [-0.4, -0.2) is 37.3 Å². The molecule has 1 aromatic carbocycles. The number of nitrogens with one attached hydrogen (secondary N) is 1. The summed E-state index contributed by atoms with van der Waals surface area (Å²) >= 11 is 0. The van der Waals surface area contributed by atoms with Gasteiger partial charge in [-0.1, -0.05) is 0 Å². The van der Waals surface area contributed by atoms with Gasteiger partial charge >= 0.3 is 0 Å². The zero-order valence-corrected chi connectivity index (χ0v) is 15.0. The number of carbonyl (C=O) groups excluding carboxylic acids is 1. The maximum absolute atomic E-state index is 12.6. The number of ether oxygens (including phenoxy) is 1. The van der Waals surface area contributed by atoms with Crippen LogP contribution < -0.4 is 15.2 Å². The quantitative estimate of drug-likeness (QED) is 0.559. The largest absolute Gasteiger partial charge is 0.484 e. The van der Waals surface area contributed by atoms with Crippen molar-refractivity contribution in [1.29, 1.82) is 0 Å². The van der Waals surface area contributed by atoms with Crippen LogP contribution in [0.1, 0.15) is 11.8 Å². The van der Waals surface area contributed by atoms with Gasteiger partial charge in [-0.15, -0.1) is 0 Å². The standard InChI is InChI=1S/C17H18N4O5S/c18-17(22)12-26-13-4-6-14(7-5-13)27(23,24)20-11-15(16-3-1-10-25-16)21-9-2-8-19-21/h1-10,15,20H,11-12H2,(H2,18,22). The molecular weight excluding hydrogens is 372 g/mol. The molecule has 0 aliphatic rings. The van der Waals surface area contributed by atoms with E-state index in [0.717, 1.165) is 0 Å². The maximum atomic E-state index is 12.6. The van der Waals surface area contributed by atoms with Crippen molar-refractivity contribution in [1.82, 2.24) is 14.5 Å². The summed E-state index contributed by atoms with van der Waals surface area (Å²) in [5.41, 5.74) is 5.00.